The van der Waals surface area contributed by atoms with E-state index in [2.05, 4.69) is 42.6 Å². The normalized spacial score (nSPS) is 11.5. The first-order valence-corrected chi connectivity index (χ1v) is 10.5. The summed E-state index contributed by atoms with van der Waals surface area (Å²) in [7, 11) is 0. The number of hydrogen-bond acceptors (Lipinski definition) is 4. The fourth-order valence-corrected chi connectivity index (χ4v) is 4.45. The van der Waals surface area contributed by atoms with E-state index in [0.29, 0.717) is 27.1 Å². The monoisotopic (exact) mass is 467 g/mol. The number of carbonyl (C=O) groups excluding carboxylic acids is 1. The van der Waals surface area contributed by atoms with Gasteiger partial charge < -0.3 is 4.42 Å². The van der Waals surface area contributed by atoms with Crippen molar-refractivity contribution in [2.75, 3.05) is 0 Å². The molecule has 2 aromatic carbocycles. The van der Waals surface area contributed by atoms with Crippen LogP contribution in [-0.4, -0.2) is 20.3 Å². The van der Waals surface area contributed by atoms with Crippen LogP contribution in [0.25, 0.3) is 38.6 Å². The van der Waals surface area contributed by atoms with Crippen LogP contribution < -0.4 is 0 Å². The first kappa shape index (κ1) is 18.0. The SMILES string of the molecule is O=C(c1ccnc(Br)c1)c1ccc2c3ccccc3n(-c3nccc4ccoc34)c2c1. The summed E-state index contributed by atoms with van der Waals surface area (Å²) in [5.74, 6) is 0.635. The van der Waals surface area contributed by atoms with Gasteiger partial charge in [0, 0.05) is 39.7 Å². The molecule has 0 unspecified atom stereocenters. The van der Waals surface area contributed by atoms with Crippen LogP contribution in [-0.2, 0) is 0 Å². The van der Waals surface area contributed by atoms with Gasteiger partial charge in [0.2, 0.25) is 0 Å². The molecule has 0 saturated heterocycles. The number of carbonyl (C=O) groups is 1. The molecule has 148 valence electrons. The first-order chi connectivity index (χ1) is 15.2. The highest BCUT2D eigenvalue weighted by atomic mass is 79.9. The van der Waals surface area contributed by atoms with Crippen molar-refractivity contribution in [2.45, 2.75) is 0 Å². The Morgan fingerprint density at radius 3 is 2.55 bits per heavy atom. The number of pyridine rings is 2. The molecule has 0 radical (unpaired) electrons. The van der Waals surface area contributed by atoms with E-state index >= 15 is 0 Å². The molecule has 5 nitrogen and oxygen atoms in total. The summed E-state index contributed by atoms with van der Waals surface area (Å²) in [5.41, 5.74) is 3.79. The Bertz CT molecular complexity index is 1630. The molecule has 0 N–H and O–H groups in total. The first-order valence-electron chi connectivity index (χ1n) is 9.73. The minimum absolute atomic E-state index is 0.0639. The van der Waals surface area contributed by atoms with Crippen molar-refractivity contribution in [3.8, 4) is 5.82 Å². The van der Waals surface area contributed by atoms with Gasteiger partial charge in [-0.2, -0.15) is 0 Å². The largest absolute Gasteiger partial charge is 0.460 e. The quantitative estimate of drug-likeness (QED) is 0.226. The number of benzene rings is 2. The summed E-state index contributed by atoms with van der Waals surface area (Å²) in [6, 6.07) is 21.2. The van der Waals surface area contributed by atoms with Gasteiger partial charge in [0.15, 0.2) is 17.2 Å². The fraction of sp³-hybridized carbons (Fsp3) is 0. The molecule has 0 aliphatic rings. The maximum Gasteiger partial charge on any atom is 0.193 e. The Hall–Kier alpha value is -3.77. The third kappa shape index (κ3) is 2.79. The number of nitrogens with zero attached hydrogens (tertiary/aromatic N) is 3. The lowest BCUT2D eigenvalue weighted by molar-refractivity contribution is 0.103. The summed E-state index contributed by atoms with van der Waals surface area (Å²) in [4.78, 5) is 21.9. The van der Waals surface area contributed by atoms with Crippen LogP contribution in [0.15, 0.2) is 94.4 Å². The number of halogens is 1. The average Bonchev–Trinajstić information content (AvgIpc) is 3.41. The van der Waals surface area contributed by atoms with Crippen molar-refractivity contribution in [1.82, 2.24) is 14.5 Å². The highest BCUT2D eigenvalue weighted by Crippen LogP contribution is 2.34. The van der Waals surface area contributed by atoms with Crippen molar-refractivity contribution >= 4 is 54.5 Å². The van der Waals surface area contributed by atoms with Crippen LogP contribution in [0.4, 0.5) is 0 Å². The predicted octanol–water partition coefficient (Wildman–Crippen LogP) is 6.31. The number of para-hydroxylation sites is 1. The van der Waals surface area contributed by atoms with Gasteiger partial charge in [-0.1, -0.05) is 30.3 Å². The van der Waals surface area contributed by atoms with Crippen molar-refractivity contribution in [3.63, 3.8) is 0 Å². The fourth-order valence-electron chi connectivity index (χ4n) is 4.09. The molecule has 0 bridgehead atoms. The highest BCUT2D eigenvalue weighted by Gasteiger charge is 2.18. The Morgan fingerprint density at radius 2 is 1.65 bits per heavy atom. The van der Waals surface area contributed by atoms with Crippen LogP contribution in [0.3, 0.4) is 0 Å². The minimum Gasteiger partial charge on any atom is -0.460 e. The molecule has 0 fully saturated rings. The standard InChI is InChI=1S/C25H14BrN3O2/c26-22-14-17(8-10-27-22)23(30)16-5-6-19-18-3-1-2-4-20(18)29(21(19)13-16)25-24-15(7-11-28-25)9-12-31-24/h1-14H. The Kier molecular flexibility index (Phi) is 4.01. The summed E-state index contributed by atoms with van der Waals surface area (Å²) in [6.07, 6.45) is 5.06. The van der Waals surface area contributed by atoms with Gasteiger partial charge in [0.25, 0.3) is 0 Å². The number of fused-ring (bicyclic) bond motifs is 4. The molecular weight excluding hydrogens is 454 g/mol. The number of hydrogen-bond donors (Lipinski definition) is 0. The zero-order valence-electron chi connectivity index (χ0n) is 16.1. The second-order valence-electron chi connectivity index (χ2n) is 7.25. The second kappa shape index (κ2) is 6.89. The van der Waals surface area contributed by atoms with Gasteiger partial charge in [-0.3, -0.25) is 9.36 Å². The third-order valence-corrected chi connectivity index (χ3v) is 5.92. The van der Waals surface area contributed by atoms with E-state index in [1.165, 1.54) is 0 Å². The minimum atomic E-state index is -0.0639. The maximum atomic E-state index is 13.2. The Balaban J connectivity index is 1.66. The molecule has 4 aromatic heterocycles. The third-order valence-electron chi connectivity index (χ3n) is 5.49. The zero-order valence-corrected chi connectivity index (χ0v) is 17.7. The summed E-state index contributed by atoms with van der Waals surface area (Å²) in [5, 5.41) is 3.12. The van der Waals surface area contributed by atoms with Gasteiger partial charge in [0.1, 0.15) is 4.60 Å². The molecule has 0 aliphatic carbocycles. The summed E-state index contributed by atoms with van der Waals surface area (Å²) >= 11 is 3.34. The highest BCUT2D eigenvalue weighted by molar-refractivity contribution is 9.10. The molecule has 6 aromatic rings. The molecule has 0 spiro atoms. The van der Waals surface area contributed by atoms with E-state index in [1.54, 1.807) is 30.8 Å². The second-order valence-corrected chi connectivity index (χ2v) is 8.07. The Labute approximate surface area is 185 Å². The van der Waals surface area contributed by atoms with Crippen LogP contribution in [0.5, 0.6) is 0 Å². The van der Waals surface area contributed by atoms with Crippen LogP contribution in [0.1, 0.15) is 15.9 Å². The number of aromatic nitrogens is 3. The maximum absolute atomic E-state index is 13.2. The molecule has 0 atom stereocenters. The van der Waals surface area contributed by atoms with Crippen molar-refractivity contribution in [2.24, 2.45) is 0 Å². The molecular formula is C25H14BrN3O2. The number of rotatable bonds is 3. The van der Waals surface area contributed by atoms with Crippen LogP contribution in [0, 0.1) is 0 Å². The van der Waals surface area contributed by atoms with Crippen molar-refractivity contribution < 1.29 is 9.21 Å². The van der Waals surface area contributed by atoms with Crippen molar-refractivity contribution in [3.05, 3.63) is 101 Å². The van der Waals surface area contributed by atoms with Gasteiger partial charge in [0.05, 0.1) is 17.3 Å². The van der Waals surface area contributed by atoms with Crippen LogP contribution >= 0.6 is 15.9 Å². The zero-order chi connectivity index (χ0) is 20.9. The number of ketones is 1. The van der Waals surface area contributed by atoms with Crippen molar-refractivity contribution in [1.29, 1.82) is 0 Å². The summed E-state index contributed by atoms with van der Waals surface area (Å²) in [6.45, 7) is 0. The van der Waals surface area contributed by atoms with Gasteiger partial charge in [-0.15, -0.1) is 0 Å². The average molecular weight is 468 g/mol. The van der Waals surface area contributed by atoms with Gasteiger partial charge >= 0.3 is 0 Å². The van der Waals surface area contributed by atoms with Crippen LogP contribution in [0.2, 0.25) is 0 Å². The van der Waals surface area contributed by atoms with E-state index < -0.39 is 0 Å². The molecule has 6 rings (SSSR count). The molecule has 4 heterocycles. The lowest BCUT2D eigenvalue weighted by atomic mass is 10.0. The van der Waals surface area contributed by atoms with E-state index in [0.717, 1.165) is 27.2 Å². The Morgan fingerprint density at radius 1 is 0.839 bits per heavy atom. The molecule has 0 amide bonds. The predicted molar refractivity (Wildman–Crippen MR) is 124 cm³/mol. The smallest absolute Gasteiger partial charge is 0.193 e. The lowest BCUT2D eigenvalue weighted by Gasteiger charge is -2.08. The van der Waals surface area contributed by atoms with E-state index in [4.69, 9.17) is 4.42 Å². The molecule has 31 heavy (non-hydrogen) atoms. The van der Waals surface area contributed by atoms with Gasteiger partial charge in [-0.25, -0.2) is 9.97 Å². The molecule has 6 heteroatoms. The van der Waals surface area contributed by atoms with E-state index in [-0.39, 0.29) is 5.78 Å². The van der Waals surface area contributed by atoms with E-state index in [9.17, 15) is 4.79 Å². The lowest BCUT2D eigenvalue weighted by Crippen LogP contribution is -2.03. The number of furan rings is 1. The topological polar surface area (TPSA) is 60.9 Å². The molecule has 0 saturated carbocycles. The molecule has 0 aliphatic heterocycles. The van der Waals surface area contributed by atoms with E-state index in [1.807, 2.05) is 42.5 Å². The van der Waals surface area contributed by atoms with Gasteiger partial charge in [-0.05, 0) is 52.3 Å². The summed E-state index contributed by atoms with van der Waals surface area (Å²) < 4.78 is 8.46.